The van der Waals surface area contributed by atoms with Gasteiger partial charge in [0.05, 0.1) is 6.61 Å². The van der Waals surface area contributed by atoms with Crippen molar-refractivity contribution in [3.8, 4) is 0 Å². The van der Waals surface area contributed by atoms with Crippen molar-refractivity contribution < 1.29 is 19.4 Å². The highest BCUT2D eigenvalue weighted by atomic mass is 16.5. The number of unbranched alkanes of at least 4 members (excludes halogenated alkanes) is 9. The molecule has 1 aromatic rings. The second-order valence-corrected chi connectivity index (χ2v) is 10.3. The standard InChI is InChI=1S/C30H50N2O4/c1-4-7-8-9-10-11-12-13-14-15-18-25(24-36-6-3)22-31(5-2)30(35)32-23-27-20-17-16-19-26(27)21-28(32)29(33)34/h16-17,19-20,25,28H,4-15,18,21-24H2,1-3H3,(H,33,34)/t25-,28-/m0/s1. The minimum Gasteiger partial charge on any atom is -0.480 e. The molecule has 0 aromatic heterocycles. The van der Waals surface area contributed by atoms with E-state index in [1.807, 2.05) is 43.0 Å². The van der Waals surface area contributed by atoms with E-state index in [4.69, 9.17) is 4.74 Å². The van der Waals surface area contributed by atoms with Crippen LogP contribution in [0.5, 0.6) is 0 Å². The third kappa shape index (κ3) is 10.1. The van der Waals surface area contributed by atoms with Crippen molar-refractivity contribution in [2.45, 2.75) is 110 Å². The van der Waals surface area contributed by atoms with Crippen LogP contribution >= 0.6 is 0 Å². The van der Waals surface area contributed by atoms with E-state index in [0.29, 0.717) is 39.3 Å². The Bertz CT molecular complexity index is 769. The maximum absolute atomic E-state index is 13.6. The van der Waals surface area contributed by atoms with Crippen LogP contribution in [0.2, 0.25) is 0 Å². The molecule has 6 heteroatoms. The van der Waals surface area contributed by atoms with Crippen LogP contribution in [0.15, 0.2) is 24.3 Å². The summed E-state index contributed by atoms with van der Waals surface area (Å²) in [5.74, 6) is -0.673. The van der Waals surface area contributed by atoms with Gasteiger partial charge in [0.2, 0.25) is 0 Å². The van der Waals surface area contributed by atoms with Crippen LogP contribution in [0.3, 0.4) is 0 Å². The highest BCUT2D eigenvalue weighted by Crippen LogP contribution is 2.25. The number of carbonyl (C=O) groups excluding carboxylic acids is 1. The predicted octanol–water partition coefficient (Wildman–Crippen LogP) is 6.90. The number of carboxylic acids is 1. The molecule has 0 saturated heterocycles. The van der Waals surface area contributed by atoms with Gasteiger partial charge in [-0.2, -0.15) is 0 Å². The molecule has 36 heavy (non-hydrogen) atoms. The average molecular weight is 503 g/mol. The maximum Gasteiger partial charge on any atom is 0.326 e. The van der Waals surface area contributed by atoms with E-state index in [-0.39, 0.29) is 11.9 Å². The summed E-state index contributed by atoms with van der Waals surface area (Å²) >= 11 is 0. The summed E-state index contributed by atoms with van der Waals surface area (Å²) < 4.78 is 5.77. The van der Waals surface area contributed by atoms with E-state index in [2.05, 4.69) is 6.92 Å². The highest BCUT2D eigenvalue weighted by Gasteiger charge is 2.36. The van der Waals surface area contributed by atoms with Gasteiger partial charge in [0.1, 0.15) is 6.04 Å². The fourth-order valence-electron chi connectivity index (χ4n) is 5.21. The quantitative estimate of drug-likeness (QED) is 0.222. The lowest BCUT2D eigenvalue weighted by Gasteiger charge is -2.38. The van der Waals surface area contributed by atoms with Crippen molar-refractivity contribution in [1.82, 2.24) is 9.80 Å². The SMILES string of the molecule is CCCCCCCCCCCC[C@H](COCC)CN(CC)C(=O)N1Cc2ccccc2C[C@H]1C(=O)O. The van der Waals surface area contributed by atoms with Gasteiger partial charge in [0.15, 0.2) is 0 Å². The molecule has 0 unspecified atom stereocenters. The predicted molar refractivity (Wildman–Crippen MR) is 146 cm³/mol. The number of carbonyl (C=O) groups is 2. The Kier molecular flexibility index (Phi) is 14.6. The summed E-state index contributed by atoms with van der Waals surface area (Å²) in [6.07, 6.45) is 14.5. The molecule has 0 saturated carbocycles. The van der Waals surface area contributed by atoms with E-state index >= 15 is 0 Å². The third-order valence-electron chi connectivity index (χ3n) is 7.43. The number of nitrogens with zero attached hydrogens (tertiary/aromatic N) is 2. The first-order valence-electron chi connectivity index (χ1n) is 14.4. The molecule has 1 aliphatic rings. The molecule has 0 bridgehead atoms. The first kappa shape index (κ1) is 30.1. The van der Waals surface area contributed by atoms with E-state index in [1.54, 1.807) is 4.90 Å². The topological polar surface area (TPSA) is 70.1 Å². The fourth-order valence-corrected chi connectivity index (χ4v) is 5.21. The molecule has 2 amide bonds. The smallest absolute Gasteiger partial charge is 0.326 e. The van der Waals surface area contributed by atoms with Crippen molar-refractivity contribution >= 4 is 12.0 Å². The lowest BCUT2D eigenvalue weighted by Crippen LogP contribution is -2.54. The zero-order valence-electron chi connectivity index (χ0n) is 23.1. The number of amides is 2. The summed E-state index contributed by atoms with van der Waals surface area (Å²) in [5, 5.41) is 9.86. The number of ether oxygens (including phenoxy) is 1. The summed E-state index contributed by atoms with van der Waals surface area (Å²) in [4.78, 5) is 29.0. The number of urea groups is 1. The normalized spacial score (nSPS) is 16.0. The Labute approximate surface area is 219 Å². The van der Waals surface area contributed by atoms with Crippen LogP contribution in [-0.2, 0) is 22.5 Å². The van der Waals surface area contributed by atoms with Gasteiger partial charge in [-0.15, -0.1) is 0 Å². The zero-order valence-corrected chi connectivity index (χ0v) is 23.1. The molecule has 1 aliphatic heterocycles. The first-order valence-corrected chi connectivity index (χ1v) is 14.4. The second-order valence-electron chi connectivity index (χ2n) is 10.3. The Morgan fingerprint density at radius 2 is 1.58 bits per heavy atom. The van der Waals surface area contributed by atoms with Gasteiger partial charge >= 0.3 is 12.0 Å². The van der Waals surface area contributed by atoms with Crippen molar-refractivity contribution in [3.05, 3.63) is 35.4 Å². The van der Waals surface area contributed by atoms with Gasteiger partial charge in [0, 0.05) is 32.7 Å². The molecule has 2 atom stereocenters. The van der Waals surface area contributed by atoms with Gasteiger partial charge in [-0.3, -0.25) is 0 Å². The van der Waals surface area contributed by atoms with Crippen LogP contribution < -0.4 is 0 Å². The van der Waals surface area contributed by atoms with Crippen molar-refractivity contribution in [2.24, 2.45) is 5.92 Å². The summed E-state index contributed by atoms with van der Waals surface area (Å²) in [6, 6.07) is 6.84. The van der Waals surface area contributed by atoms with Crippen LogP contribution in [0.4, 0.5) is 4.79 Å². The van der Waals surface area contributed by atoms with Gasteiger partial charge in [0.25, 0.3) is 0 Å². The molecule has 1 N–H and O–H groups in total. The fraction of sp³-hybridized carbons (Fsp3) is 0.733. The van der Waals surface area contributed by atoms with E-state index in [0.717, 1.165) is 24.0 Å². The number of benzene rings is 1. The number of aliphatic carboxylic acids is 1. The van der Waals surface area contributed by atoms with E-state index in [1.165, 1.54) is 57.8 Å². The zero-order chi connectivity index (χ0) is 26.2. The molecule has 1 heterocycles. The Morgan fingerprint density at radius 1 is 0.972 bits per heavy atom. The summed E-state index contributed by atoms with van der Waals surface area (Å²) in [6.45, 7) is 9.06. The number of rotatable bonds is 18. The molecular weight excluding hydrogens is 452 g/mol. The van der Waals surface area contributed by atoms with Crippen LogP contribution in [-0.4, -0.2) is 59.3 Å². The van der Waals surface area contributed by atoms with Crippen LogP contribution in [0.1, 0.15) is 103 Å². The molecule has 0 aliphatic carbocycles. The Hall–Kier alpha value is -2.08. The third-order valence-corrected chi connectivity index (χ3v) is 7.43. The van der Waals surface area contributed by atoms with Gasteiger partial charge in [-0.1, -0.05) is 95.4 Å². The maximum atomic E-state index is 13.6. The van der Waals surface area contributed by atoms with Gasteiger partial charge in [-0.25, -0.2) is 9.59 Å². The molecule has 1 aromatic carbocycles. The van der Waals surface area contributed by atoms with E-state index in [9.17, 15) is 14.7 Å². The number of fused-ring (bicyclic) bond motifs is 1. The average Bonchev–Trinajstić information content (AvgIpc) is 2.89. The number of hydrogen-bond donors (Lipinski definition) is 1. The monoisotopic (exact) mass is 502 g/mol. The lowest BCUT2D eigenvalue weighted by atomic mass is 9.94. The van der Waals surface area contributed by atoms with Crippen molar-refractivity contribution in [1.29, 1.82) is 0 Å². The summed E-state index contributed by atoms with van der Waals surface area (Å²) in [7, 11) is 0. The summed E-state index contributed by atoms with van der Waals surface area (Å²) in [5.41, 5.74) is 2.06. The van der Waals surface area contributed by atoms with Gasteiger partial charge < -0.3 is 19.6 Å². The lowest BCUT2D eigenvalue weighted by molar-refractivity contribution is -0.142. The molecule has 6 nitrogen and oxygen atoms in total. The van der Waals surface area contributed by atoms with Gasteiger partial charge in [-0.05, 0) is 37.3 Å². The van der Waals surface area contributed by atoms with Crippen molar-refractivity contribution in [3.63, 3.8) is 0 Å². The molecule has 0 fully saturated rings. The minimum atomic E-state index is -0.940. The largest absolute Gasteiger partial charge is 0.480 e. The molecular formula is C30H50N2O4. The Balaban J connectivity index is 1.87. The number of hydrogen-bond acceptors (Lipinski definition) is 3. The second kappa shape index (κ2) is 17.4. The van der Waals surface area contributed by atoms with Crippen molar-refractivity contribution in [2.75, 3.05) is 26.3 Å². The molecule has 0 spiro atoms. The molecule has 0 radical (unpaired) electrons. The van der Waals surface area contributed by atoms with E-state index < -0.39 is 12.0 Å². The Morgan fingerprint density at radius 3 is 2.17 bits per heavy atom. The number of carboxylic acid groups (broad SMARTS) is 1. The van der Waals surface area contributed by atoms with Crippen LogP contribution in [0.25, 0.3) is 0 Å². The molecule has 204 valence electrons. The highest BCUT2D eigenvalue weighted by molar-refractivity contribution is 5.83. The first-order chi connectivity index (χ1) is 17.5. The molecule has 2 rings (SSSR count). The minimum absolute atomic E-state index is 0.177. The van der Waals surface area contributed by atoms with Crippen LogP contribution in [0, 0.1) is 5.92 Å².